The monoisotopic (exact) mass is 335 g/mol. The van der Waals surface area contributed by atoms with Crippen molar-refractivity contribution in [2.75, 3.05) is 5.33 Å². The molecule has 5 heteroatoms. The average molecular weight is 336 g/mol. The summed E-state index contributed by atoms with van der Waals surface area (Å²) < 4.78 is 1.71. The SMILES string of the molecule is CCC(CCBr)NC(=O)c1cnn(-c2ccccc2)c1. The third-order valence-corrected chi connectivity index (χ3v) is 3.61. The van der Waals surface area contributed by atoms with Crippen LogP contribution in [0.2, 0.25) is 0 Å². The normalized spacial score (nSPS) is 12.1. The van der Waals surface area contributed by atoms with Gasteiger partial charge in [0, 0.05) is 17.6 Å². The highest BCUT2D eigenvalue weighted by Crippen LogP contribution is 2.08. The van der Waals surface area contributed by atoms with Crippen molar-refractivity contribution in [3.05, 3.63) is 48.3 Å². The number of alkyl halides is 1. The van der Waals surface area contributed by atoms with Gasteiger partial charge in [0.25, 0.3) is 5.91 Å². The lowest BCUT2D eigenvalue weighted by atomic mass is 10.1. The van der Waals surface area contributed by atoms with E-state index in [4.69, 9.17) is 0 Å². The van der Waals surface area contributed by atoms with E-state index in [-0.39, 0.29) is 11.9 Å². The zero-order valence-electron chi connectivity index (χ0n) is 11.4. The van der Waals surface area contributed by atoms with Crippen molar-refractivity contribution in [3.8, 4) is 5.69 Å². The van der Waals surface area contributed by atoms with Crippen molar-refractivity contribution in [3.63, 3.8) is 0 Å². The molecule has 0 bridgehead atoms. The van der Waals surface area contributed by atoms with E-state index in [1.165, 1.54) is 0 Å². The van der Waals surface area contributed by atoms with Crippen molar-refractivity contribution in [1.82, 2.24) is 15.1 Å². The summed E-state index contributed by atoms with van der Waals surface area (Å²) in [7, 11) is 0. The molecule has 1 unspecified atom stereocenters. The maximum Gasteiger partial charge on any atom is 0.254 e. The Morgan fingerprint density at radius 1 is 1.40 bits per heavy atom. The topological polar surface area (TPSA) is 46.9 Å². The predicted octanol–water partition coefficient (Wildman–Crippen LogP) is 3.17. The fourth-order valence-electron chi connectivity index (χ4n) is 1.94. The first kappa shape index (κ1) is 14.8. The maximum atomic E-state index is 12.2. The molecular formula is C15H18BrN3O. The van der Waals surface area contributed by atoms with Crippen LogP contribution >= 0.6 is 15.9 Å². The van der Waals surface area contributed by atoms with Crippen molar-refractivity contribution in [2.45, 2.75) is 25.8 Å². The molecule has 1 atom stereocenters. The van der Waals surface area contributed by atoms with Crippen LogP contribution in [-0.2, 0) is 0 Å². The van der Waals surface area contributed by atoms with Gasteiger partial charge in [0.2, 0.25) is 0 Å². The van der Waals surface area contributed by atoms with Gasteiger partial charge < -0.3 is 5.32 Å². The molecule has 1 amide bonds. The number of halogens is 1. The van der Waals surface area contributed by atoms with Crippen LogP contribution in [0.1, 0.15) is 30.1 Å². The Kier molecular flexibility index (Phi) is 5.35. The van der Waals surface area contributed by atoms with Crippen LogP contribution in [0.15, 0.2) is 42.7 Å². The fourth-order valence-corrected chi connectivity index (χ4v) is 2.49. The second kappa shape index (κ2) is 7.24. The molecule has 0 saturated carbocycles. The number of nitrogens with one attached hydrogen (secondary N) is 1. The molecule has 4 nitrogen and oxygen atoms in total. The summed E-state index contributed by atoms with van der Waals surface area (Å²) in [6.45, 7) is 2.07. The van der Waals surface area contributed by atoms with Crippen LogP contribution in [0.5, 0.6) is 0 Å². The van der Waals surface area contributed by atoms with Gasteiger partial charge in [-0.05, 0) is 25.0 Å². The number of amides is 1. The van der Waals surface area contributed by atoms with Crippen LogP contribution in [0.25, 0.3) is 5.69 Å². The summed E-state index contributed by atoms with van der Waals surface area (Å²) in [6, 6.07) is 9.94. The first-order chi connectivity index (χ1) is 9.74. The molecule has 0 fully saturated rings. The minimum atomic E-state index is -0.0695. The molecule has 1 aromatic heterocycles. The smallest absolute Gasteiger partial charge is 0.254 e. The number of nitrogens with zero attached hydrogens (tertiary/aromatic N) is 2. The number of rotatable bonds is 6. The molecule has 0 saturated heterocycles. The third kappa shape index (κ3) is 3.70. The number of aromatic nitrogens is 2. The van der Waals surface area contributed by atoms with Gasteiger partial charge in [0.05, 0.1) is 17.4 Å². The minimum Gasteiger partial charge on any atom is -0.349 e. The summed E-state index contributed by atoms with van der Waals surface area (Å²) in [5.41, 5.74) is 1.53. The van der Waals surface area contributed by atoms with E-state index in [1.807, 2.05) is 30.3 Å². The van der Waals surface area contributed by atoms with E-state index in [9.17, 15) is 4.79 Å². The van der Waals surface area contributed by atoms with Gasteiger partial charge >= 0.3 is 0 Å². The summed E-state index contributed by atoms with van der Waals surface area (Å²) in [5.74, 6) is -0.0695. The molecular weight excluding hydrogens is 318 g/mol. The van der Waals surface area contributed by atoms with E-state index in [0.29, 0.717) is 5.56 Å². The van der Waals surface area contributed by atoms with Crippen LogP contribution in [0, 0.1) is 0 Å². The molecule has 1 N–H and O–H groups in total. The summed E-state index contributed by atoms with van der Waals surface area (Å²) in [4.78, 5) is 12.2. The Balaban J connectivity index is 2.07. The van der Waals surface area contributed by atoms with Crippen molar-refractivity contribution in [1.29, 1.82) is 0 Å². The number of para-hydroxylation sites is 1. The van der Waals surface area contributed by atoms with Gasteiger partial charge in [0.15, 0.2) is 0 Å². The predicted molar refractivity (Wildman–Crippen MR) is 83.5 cm³/mol. The molecule has 20 heavy (non-hydrogen) atoms. The lowest BCUT2D eigenvalue weighted by Crippen LogP contribution is -2.34. The van der Waals surface area contributed by atoms with E-state index >= 15 is 0 Å². The molecule has 0 aliphatic heterocycles. The standard InChI is InChI=1S/C15H18BrN3O/c1-2-13(8-9-16)18-15(20)12-10-17-19(11-12)14-6-4-3-5-7-14/h3-7,10-11,13H,2,8-9H2,1H3,(H,18,20). The lowest BCUT2D eigenvalue weighted by Gasteiger charge is -2.14. The summed E-state index contributed by atoms with van der Waals surface area (Å²) >= 11 is 3.40. The molecule has 2 aromatic rings. The van der Waals surface area contributed by atoms with Gasteiger partial charge in [-0.25, -0.2) is 4.68 Å². The van der Waals surface area contributed by atoms with Crippen LogP contribution < -0.4 is 5.32 Å². The van der Waals surface area contributed by atoms with Crippen molar-refractivity contribution >= 4 is 21.8 Å². The maximum absolute atomic E-state index is 12.2. The summed E-state index contributed by atoms with van der Waals surface area (Å²) in [6.07, 6.45) is 5.20. The number of hydrogen-bond donors (Lipinski definition) is 1. The van der Waals surface area contributed by atoms with Crippen molar-refractivity contribution in [2.24, 2.45) is 0 Å². The largest absolute Gasteiger partial charge is 0.349 e. The van der Waals surface area contributed by atoms with E-state index in [2.05, 4.69) is 33.3 Å². The van der Waals surface area contributed by atoms with Gasteiger partial charge in [-0.15, -0.1) is 0 Å². The molecule has 0 aliphatic rings. The zero-order chi connectivity index (χ0) is 14.4. The van der Waals surface area contributed by atoms with Gasteiger partial charge in [-0.2, -0.15) is 5.10 Å². The van der Waals surface area contributed by atoms with E-state index < -0.39 is 0 Å². The van der Waals surface area contributed by atoms with Crippen LogP contribution in [0.3, 0.4) is 0 Å². The summed E-state index contributed by atoms with van der Waals surface area (Å²) in [5, 5.41) is 8.14. The zero-order valence-corrected chi connectivity index (χ0v) is 13.0. The van der Waals surface area contributed by atoms with Crippen LogP contribution in [-0.4, -0.2) is 27.1 Å². The number of carbonyl (C=O) groups is 1. The second-order valence-electron chi connectivity index (χ2n) is 4.57. The quantitative estimate of drug-likeness (QED) is 0.824. The van der Waals surface area contributed by atoms with Gasteiger partial charge in [0.1, 0.15) is 0 Å². The lowest BCUT2D eigenvalue weighted by molar-refractivity contribution is 0.0935. The third-order valence-electron chi connectivity index (χ3n) is 3.15. The van der Waals surface area contributed by atoms with E-state index in [0.717, 1.165) is 23.9 Å². The Bertz CT molecular complexity index is 553. The number of hydrogen-bond acceptors (Lipinski definition) is 2. The molecule has 0 aliphatic carbocycles. The highest BCUT2D eigenvalue weighted by Gasteiger charge is 2.13. The number of benzene rings is 1. The molecule has 0 radical (unpaired) electrons. The second-order valence-corrected chi connectivity index (χ2v) is 5.36. The molecule has 1 aromatic carbocycles. The Hall–Kier alpha value is -1.62. The highest BCUT2D eigenvalue weighted by molar-refractivity contribution is 9.09. The first-order valence-corrected chi connectivity index (χ1v) is 7.83. The van der Waals surface area contributed by atoms with Crippen LogP contribution in [0.4, 0.5) is 0 Å². The average Bonchev–Trinajstić information content (AvgIpc) is 2.97. The Morgan fingerprint density at radius 3 is 2.80 bits per heavy atom. The van der Waals surface area contributed by atoms with E-state index in [1.54, 1.807) is 17.1 Å². The molecule has 1 heterocycles. The molecule has 2 rings (SSSR count). The molecule has 0 spiro atoms. The molecule has 106 valence electrons. The minimum absolute atomic E-state index is 0.0695. The van der Waals surface area contributed by atoms with Gasteiger partial charge in [-0.3, -0.25) is 4.79 Å². The fraction of sp³-hybridized carbons (Fsp3) is 0.333. The number of carbonyl (C=O) groups excluding carboxylic acids is 1. The Labute approximate surface area is 127 Å². The van der Waals surface area contributed by atoms with Gasteiger partial charge in [-0.1, -0.05) is 41.1 Å². The first-order valence-electron chi connectivity index (χ1n) is 6.71. The Morgan fingerprint density at radius 2 is 2.15 bits per heavy atom. The van der Waals surface area contributed by atoms with Crippen molar-refractivity contribution < 1.29 is 4.79 Å². The highest BCUT2D eigenvalue weighted by atomic mass is 79.9.